The minimum absolute atomic E-state index is 0.0255. The molecule has 0 spiro atoms. The van der Waals surface area contributed by atoms with Gasteiger partial charge in [-0.3, -0.25) is 4.79 Å². The first-order chi connectivity index (χ1) is 15.9. The van der Waals surface area contributed by atoms with Gasteiger partial charge in [0.2, 0.25) is 5.91 Å². The lowest BCUT2D eigenvalue weighted by Gasteiger charge is -2.19. The van der Waals surface area contributed by atoms with Gasteiger partial charge < -0.3 is 26.0 Å². The number of benzene rings is 2. The third-order valence-electron chi connectivity index (χ3n) is 6.44. The largest absolute Gasteiger partial charge is 0.508 e. The topological polar surface area (TPSA) is 102 Å². The van der Waals surface area contributed by atoms with Crippen LogP contribution in [0.4, 0.5) is 0 Å². The minimum atomic E-state index is -0.739. The zero-order valence-electron chi connectivity index (χ0n) is 19.6. The first kappa shape index (κ1) is 25.2. The van der Waals surface area contributed by atoms with Crippen LogP contribution in [-0.2, 0) is 24.2 Å². The second-order valence-corrected chi connectivity index (χ2v) is 9.33. The smallest absolute Gasteiger partial charge is 0.224 e. The normalized spacial score (nSPS) is 16.7. The Balaban J connectivity index is 1.47. The number of aliphatic hydroxyl groups excluding tert-OH is 2. The predicted octanol–water partition coefficient (Wildman–Crippen LogP) is 3.52. The van der Waals surface area contributed by atoms with Crippen LogP contribution in [0.3, 0.4) is 0 Å². The van der Waals surface area contributed by atoms with Crippen LogP contribution in [0.2, 0.25) is 0 Å². The van der Waals surface area contributed by atoms with Gasteiger partial charge in [-0.15, -0.1) is 0 Å². The maximum absolute atomic E-state index is 12.5. The molecular formula is C27H38N2O4. The van der Waals surface area contributed by atoms with E-state index in [0.29, 0.717) is 30.1 Å². The molecule has 0 unspecified atom stereocenters. The first-order valence-electron chi connectivity index (χ1n) is 12.2. The molecule has 0 aliphatic heterocycles. The Morgan fingerprint density at radius 1 is 1.06 bits per heavy atom. The van der Waals surface area contributed by atoms with Gasteiger partial charge in [0.25, 0.3) is 0 Å². The van der Waals surface area contributed by atoms with E-state index in [9.17, 15) is 20.1 Å². The van der Waals surface area contributed by atoms with Crippen LogP contribution >= 0.6 is 0 Å². The Labute approximate surface area is 197 Å². The van der Waals surface area contributed by atoms with Crippen LogP contribution in [-0.4, -0.2) is 39.9 Å². The average molecular weight is 455 g/mol. The monoisotopic (exact) mass is 454 g/mol. The van der Waals surface area contributed by atoms with E-state index in [1.807, 2.05) is 12.1 Å². The molecule has 0 bridgehead atoms. The molecule has 0 saturated heterocycles. The zero-order chi connectivity index (χ0) is 23.6. The number of rotatable bonds is 10. The lowest BCUT2D eigenvalue weighted by Crippen LogP contribution is -2.35. The molecule has 3 rings (SSSR count). The fourth-order valence-corrected chi connectivity index (χ4v) is 4.55. The molecule has 0 heterocycles. The van der Waals surface area contributed by atoms with E-state index in [1.54, 1.807) is 12.1 Å². The summed E-state index contributed by atoms with van der Waals surface area (Å²) in [5.41, 5.74) is 3.22. The first-order valence-corrected chi connectivity index (χ1v) is 12.2. The highest BCUT2D eigenvalue weighted by Crippen LogP contribution is 2.22. The molecule has 2 aromatic rings. The van der Waals surface area contributed by atoms with Crippen LogP contribution in [0.25, 0.3) is 0 Å². The fraction of sp³-hybridized carbons (Fsp3) is 0.519. The van der Waals surface area contributed by atoms with Crippen molar-refractivity contribution in [1.29, 1.82) is 0 Å². The summed E-state index contributed by atoms with van der Waals surface area (Å²) >= 11 is 0. The predicted molar refractivity (Wildman–Crippen MR) is 130 cm³/mol. The van der Waals surface area contributed by atoms with Crippen LogP contribution < -0.4 is 10.6 Å². The minimum Gasteiger partial charge on any atom is -0.508 e. The number of hydrogen-bond donors (Lipinski definition) is 5. The molecule has 2 aromatic carbocycles. The second kappa shape index (κ2) is 12.7. The molecule has 1 fully saturated rings. The standard InChI is InChI=1S/C27H38N2O4/c1-19(28-17-26(32)22-11-12-25(31)23(16-22)18-30)13-20-7-6-8-21(14-20)15-27(33)29-24-9-4-2-3-5-10-24/h6-8,11-12,14,16,19,24,26,28,30-32H,2-5,9-10,13,15,17-18H2,1H3,(H,29,33)/t19-,26-/m1/s1. The lowest BCUT2D eigenvalue weighted by molar-refractivity contribution is -0.121. The summed E-state index contributed by atoms with van der Waals surface area (Å²) in [5.74, 6) is 0.127. The van der Waals surface area contributed by atoms with Gasteiger partial charge in [-0.2, -0.15) is 0 Å². The SMILES string of the molecule is C[C@H](Cc1cccc(CC(=O)NC2CCCCCC2)c1)NC[C@@H](O)c1ccc(O)c(CO)c1. The van der Waals surface area contributed by atoms with Gasteiger partial charge in [0.15, 0.2) is 0 Å². The molecule has 33 heavy (non-hydrogen) atoms. The average Bonchev–Trinajstić information content (AvgIpc) is 3.06. The van der Waals surface area contributed by atoms with Crippen LogP contribution in [0.5, 0.6) is 5.75 Å². The van der Waals surface area contributed by atoms with Gasteiger partial charge in [-0.05, 0) is 55.0 Å². The third kappa shape index (κ3) is 8.14. The third-order valence-corrected chi connectivity index (χ3v) is 6.44. The molecule has 1 aliphatic carbocycles. The highest BCUT2D eigenvalue weighted by Gasteiger charge is 2.16. The molecule has 2 atom stereocenters. The molecule has 1 saturated carbocycles. The van der Waals surface area contributed by atoms with Crippen molar-refractivity contribution in [2.24, 2.45) is 0 Å². The molecule has 6 heteroatoms. The Hall–Kier alpha value is -2.41. The number of nitrogens with one attached hydrogen (secondary N) is 2. The summed E-state index contributed by atoms with van der Waals surface area (Å²) in [6.45, 7) is 2.15. The second-order valence-electron chi connectivity index (χ2n) is 9.33. The molecule has 6 nitrogen and oxygen atoms in total. The Morgan fingerprint density at radius 3 is 2.52 bits per heavy atom. The lowest BCUT2D eigenvalue weighted by atomic mass is 10.0. The Bertz CT molecular complexity index is 893. The van der Waals surface area contributed by atoms with Crippen molar-refractivity contribution in [3.63, 3.8) is 0 Å². The van der Waals surface area contributed by atoms with Crippen LogP contribution in [0, 0.1) is 0 Å². The number of hydrogen-bond acceptors (Lipinski definition) is 5. The van der Waals surface area contributed by atoms with E-state index >= 15 is 0 Å². The number of carbonyl (C=O) groups excluding carboxylic acids is 1. The summed E-state index contributed by atoms with van der Waals surface area (Å²) in [6.07, 6.45) is 7.58. The van der Waals surface area contributed by atoms with Gasteiger partial charge in [0, 0.05) is 24.2 Å². The van der Waals surface area contributed by atoms with Crippen molar-refractivity contribution < 1.29 is 20.1 Å². The fourth-order valence-electron chi connectivity index (χ4n) is 4.55. The number of amides is 1. The molecule has 0 radical (unpaired) electrons. The summed E-state index contributed by atoms with van der Waals surface area (Å²) in [6, 6.07) is 13.4. The molecule has 1 amide bonds. The number of phenols is 1. The molecule has 180 valence electrons. The number of aliphatic hydroxyl groups is 2. The Morgan fingerprint density at radius 2 is 1.79 bits per heavy atom. The van der Waals surface area contributed by atoms with E-state index in [0.717, 1.165) is 30.4 Å². The van der Waals surface area contributed by atoms with Crippen molar-refractivity contribution in [3.8, 4) is 5.75 Å². The summed E-state index contributed by atoms with van der Waals surface area (Å²) in [5, 5.41) is 36.0. The molecule has 5 N–H and O–H groups in total. The Kier molecular flexibility index (Phi) is 9.73. The van der Waals surface area contributed by atoms with E-state index in [4.69, 9.17) is 0 Å². The maximum atomic E-state index is 12.5. The van der Waals surface area contributed by atoms with Gasteiger partial charge in [0.1, 0.15) is 5.75 Å². The summed E-state index contributed by atoms with van der Waals surface area (Å²) in [4.78, 5) is 12.5. The highest BCUT2D eigenvalue weighted by molar-refractivity contribution is 5.78. The molecule has 1 aliphatic rings. The van der Waals surface area contributed by atoms with E-state index in [2.05, 4.69) is 29.7 Å². The highest BCUT2D eigenvalue weighted by atomic mass is 16.3. The van der Waals surface area contributed by atoms with Crippen molar-refractivity contribution in [2.75, 3.05) is 6.54 Å². The van der Waals surface area contributed by atoms with Crippen LogP contribution in [0.1, 0.15) is 73.8 Å². The van der Waals surface area contributed by atoms with Gasteiger partial charge >= 0.3 is 0 Å². The van der Waals surface area contributed by atoms with E-state index in [1.165, 1.54) is 31.7 Å². The maximum Gasteiger partial charge on any atom is 0.224 e. The van der Waals surface area contributed by atoms with Crippen molar-refractivity contribution in [2.45, 2.75) is 83.1 Å². The summed E-state index contributed by atoms with van der Waals surface area (Å²) < 4.78 is 0. The van der Waals surface area contributed by atoms with Crippen molar-refractivity contribution in [1.82, 2.24) is 10.6 Å². The zero-order valence-corrected chi connectivity index (χ0v) is 19.6. The van der Waals surface area contributed by atoms with Crippen LogP contribution in [0.15, 0.2) is 42.5 Å². The molecular weight excluding hydrogens is 416 g/mol. The summed E-state index contributed by atoms with van der Waals surface area (Å²) in [7, 11) is 0. The number of carbonyl (C=O) groups is 1. The van der Waals surface area contributed by atoms with E-state index in [-0.39, 0.29) is 24.3 Å². The quantitative estimate of drug-likeness (QED) is 0.354. The van der Waals surface area contributed by atoms with E-state index < -0.39 is 6.10 Å². The van der Waals surface area contributed by atoms with Gasteiger partial charge in [0.05, 0.1) is 19.1 Å². The van der Waals surface area contributed by atoms with Crippen molar-refractivity contribution in [3.05, 3.63) is 64.7 Å². The molecule has 0 aromatic heterocycles. The van der Waals surface area contributed by atoms with Gasteiger partial charge in [-0.1, -0.05) is 56.0 Å². The number of aromatic hydroxyl groups is 1. The van der Waals surface area contributed by atoms with Crippen molar-refractivity contribution >= 4 is 5.91 Å². The van der Waals surface area contributed by atoms with Gasteiger partial charge in [-0.25, -0.2) is 0 Å².